The summed E-state index contributed by atoms with van der Waals surface area (Å²) in [5, 5.41) is 0. The SMILES string of the molecule is CCCC(=O)N(CCC)Cc1cccc(C)c1. The third-order valence-corrected chi connectivity index (χ3v) is 2.77. The van der Waals surface area contributed by atoms with Gasteiger partial charge in [-0.3, -0.25) is 4.79 Å². The molecular weight excluding hydrogens is 210 g/mol. The molecule has 2 heteroatoms. The predicted molar refractivity (Wildman–Crippen MR) is 71.8 cm³/mol. The zero-order valence-corrected chi connectivity index (χ0v) is 11.2. The molecule has 0 atom stereocenters. The molecule has 0 spiro atoms. The minimum Gasteiger partial charge on any atom is -0.338 e. The summed E-state index contributed by atoms with van der Waals surface area (Å²) in [4.78, 5) is 13.9. The third kappa shape index (κ3) is 4.59. The molecule has 1 aromatic rings. The van der Waals surface area contributed by atoms with E-state index < -0.39 is 0 Å². The van der Waals surface area contributed by atoms with Gasteiger partial charge in [-0.05, 0) is 25.3 Å². The minimum atomic E-state index is 0.274. The zero-order valence-electron chi connectivity index (χ0n) is 11.2. The van der Waals surface area contributed by atoms with Gasteiger partial charge < -0.3 is 4.90 Å². The van der Waals surface area contributed by atoms with E-state index in [9.17, 15) is 4.79 Å². The number of hydrogen-bond donors (Lipinski definition) is 0. The summed E-state index contributed by atoms with van der Waals surface area (Å²) >= 11 is 0. The highest BCUT2D eigenvalue weighted by atomic mass is 16.2. The molecule has 0 saturated carbocycles. The Balaban J connectivity index is 2.69. The second kappa shape index (κ2) is 7.10. The van der Waals surface area contributed by atoms with Crippen molar-refractivity contribution in [2.75, 3.05) is 6.54 Å². The number of aryl methyl sites for hydroxylation is 1. The predicted octanol–water partition coefficient (Wildman–Crippen LogP) is 3.53. The lowest BCUT2D eigenvalue weighted by molar-refractivity contribution is -0.131. The summed E-state index contributed by atoms with van der Waals surface area (Å²) in [6.45, 7) is 7.85. The quantitative estimate of drug-likeness (QED) is 0.736. The Bertz CT molecular complexity index is 360. The molecule has 1 aromatic carbocycles. The van der Waals surface area contributed by atoms with E-state index >= 15 is 0 Å². The van der Waals surface area contributed by atoms with Gasteiger partial charge in [-0.15, -0.1) is 0 Å². The number of carbonyl (C=O) groups excluding carboxylic acids is 1. The summed E-state index contributed by atoms with van der Waals surface area (Å²) in [5.74, 6) is 0.274. The van der Waals surface area contributed by atoms with Crippen LogP contribution in [0.15, 0.2) is 24.3 Å². The van der Waals surface area contributed by atoms with Crippen LogP contribution in [0.2, 0.25) is 0 Å². The first-order chi connectivity index (χ1) is 8.17. The van der Waals surface area contributed by atoms with Crippen molar-refractivity contribution in [3.05, 3.63) is 35.4 Å². The van der Waals surface area contributed by atoms with E-state index in [1.807, 2.05) is 4.90 Å². The second-order valence-corrected chi connectivity index (χ2v) is 4.55. The lowest BCUT2D eigenvalue weighted by Gasteiger charge is -2.22. The van der Waals surface area contributed by atoms with Gasteiger partial charge >= 0.3 is 0 Å². The van der Waals surface area contributed by atoms with E-state index in [4.69, 9.17) is 0 Å². The van der Waals surface area contributed by atoms with E-state index in [2.05, 4.69) is 45.0 Å². The largest absolute Gasteiger partial charge is 0.338 e. The fraction of sp³-hybridized carbons (Fsp3) is 0.533. The fourth-order valence-corrected chi connectivity index (χ4v) is 1.96. The van der Waals surface area contributed by atoms with Gasteiger partial charge in [0.25, 0.3) is 0 Å². The van der Waals surface area contributed by atoms with E-state index in [1.54, 1.807) is 0 Å². The van der Waals surface area contributed by atoms with Gasteiger partial charge in [0.1, 0.15) is 0 Å². The molecule has 0 aromatic heterocycles. The van der Waals surface area contributed by atoms with Gasteiger partial charge in [0.2, 0.25) is 5.91 Å². The van der Waals surface area contributed by atoms with Crippen LogP contribution in [-0.2, 0) is 11.3 Å². The molecule has 0 fully saturated rings. The average Bonchev–Trinajstić information content (AvgIpc) is 2.29. The molecule has 0 aliphatic carbocycles. The van der Waals surface area contributed by atoms with Crippen LogP contribution in [-0.4, -0.2) is 17.4 Å². The first-order valence-corrected chi connectivity index (χ1v) is 6.50. The van der Waals surface area contributed by atoms with Gasteiger partial charge in [-0.1, -0.05) is 43.7 Å². The van der Waals surface area contributed by atoms with Crippen LogP contribution in [0.5, 0.6) is 0 Å². The Kier molecular flexibility index (Phi) is 5.75. The van der Waals surface area contributed by atoms with Crippen LogP contribution in [0, 0.1) is 6.92 Å². The summed E-state index contributed by atoms with van der Waals surface area (Å²) in [6.07, 6.45) is 2.60. The molecule has 0 aliphatic rings. The molecule has 94 valence electrons. The van der Waals surface area contributed by atoms with Crippen molar-refractivity contribution in [2.24, 2.45) is 0 Å². The lowest BCUT2D eigenvalue weighted by atomic mass is 10.1. The minimum absolute atomic E-state index is 0.274. The van der Waals surface area contributed by atoms with Crippen LogP contribution in [0.25, 0.3) is 0 Å². The smallest absolute Gasteiger partial charge is 0.222 e. The summed E-state index contributed by atoms with van der Waals surface area (Å²) < 4.78 is 0. The number of benzene rings is 1. The summed E-state index contributed by atoms with van der Waals surface area (Å²) in [6, 6.07) is 8.39. The van der Waals surface area contributed by atoms with Crippen LogP contribution >= 0.6 is 0 Å². The highest BCUT2D eigenvalue weighted by Gasteiger charge is 2.11. The molecule has 0 heterocycles. The Morgan fingerprint density at radius 2 is 2.00 bits per heavy atom. The standard InChI is InChI=1S/C15H23NO/c1-4-7-15(17)16(10-5-2)12-14-9-6-8-13(3)11-14/h6,8-9,11H,4-5,7,10,12H2,1-3H3. The Morgan fingerprint density at radius 1 is 1.24 bits per heavy atom. The maximum absolute atomic E-state index is 11.9. The molecule has 1 rings (SSSR count). The van der Waals surface area contributed by atoms with E-state index in [0.29, 0.717) is 6.42 Å². The van der Waals surface area contributed by atoms with Gasteiger partial charge in [0, 0.05) is 19.5 Å². The molecular formula is C15H23NO. The van der Waals surface area contributed by atoms with Crippen molar-refractivity contribution < 1.29 is 4.79 Å². The van der Waals surface area contributed by atoms with E-state index in [-0.39, 0.29) is 5.91 Å². The molecule has 0 saturated heterocycles. The van der Waals surface area contributed by atoms with Crippen molar-refractivity contribution >= 4 is 5.91 Å². The summed E-state index contributed by atoms with van der Waals surface area (Å²) in [7, 11) is 0. The zero-order chi connectivity index (χ0) is 12.7. The fourth-order valence-electron chi connectivity index (χ4n) is 1.96. The molecule has 1 amide bonds. The Labute approximate surface area is 105 Å². The van der Waals surface area contributed by atoms with Crippen molar-refractivity contribution in [3.8, 4) is 0 Å². The normalized spacial score (nSPS) is 10.3. The number of amides is 1. The van der Waals surface area contributed by atoms with Crippen LogP contribution in [0.4, 0.5) is 0 Å². The molecule has 2 nitrogen and oxygen atoms in total. The van der Waals surface area contributed by atoms with Crippen molar-refractivity contribution in [2.45, 2.75) is 46.6 Å². The first kappa shape index (κ1) is 13.8. The lowest BCUT2D eigenvalue weighted by Crippen LogP contribution is -2.30. The number of nitrogens with zero attached hydrogens (tertiary/aromatic N) is 1. The monoisotopic (exact) mass is 233 g/mol. The number of rotatable bonds is 6. The van der Waals surface area contributed by atoms with Crippen molar-refractivity contribution in [1.29, 1.82) is 0 Å². The second-order valence-electron chi connectivity index (χ2n) is 4.55. The molecule has 0 aliphatic heterocycles. The maximum Gasteiger partial charge on any atom is 0.222 e. The molecule has 0 radical (unpaired) electrons. The topological polar surface area (TPSA) is 20.3 Å². The maximum atomic E-state index is 11.9. The van der Waals surface area contributed by atoms with E-state index in [1.165, 1.54) is 11.1 Å². The molecule has 0 bridgehead atoms. The van der Waals surface area contributed by atoms with Crippen molar-refractivity contribution in [3.63, 3.8) is 0 Å². The van der Waals surface area contributed by atoms with Gasteiger partial charge in [0.15, 0.2) is 0 Å². The van der Waals surface area contributed by atoms with Crippen LogP contribution in [0.3, 0.4) is 0 Å². The Morgan fingerprint density at radius 3 is 2.59 bits per heavy atom. The number of carbonyl (C=O) groups is 1. The van der Waals surface area contributed by atoms with Crippen molar-refractivity contribution in [1.82, 2.24) is 4.90 Å². The van der Waals surface area contributed by atoms with Gasteiger partial charge in [-0.2, -0.15) is 0 Å². The summed E-state index contributed by atoms with van der Waals surface area (Å²) in [5.41, 5.74) is 2.48. The van der Waals surface area contributed by atoms with Gasteiger partial charge in [-0.25, -0.2) is 0 Å². The molecule has 0 N–H and O–H groups in total. The third-order valence-electron chi connectivity index (χ3n) is 2.77. The van der Waals surface area contributed by atoms with E-state index in [0.717, 1.165) is 25.9 Å². The first-order valence-electron chi connectivity index (χ1n) is 6.50. The van der Waals surface area contributed by atoms with Gasteiger partial charge in [0.05, 0.1) is 0 Å². The average molecular weight is 233 g/mol. The Hall–Kier alpha value is -1.31. The van der Waals surface area contributed by atoms with Crippen LogP contribution in [0.1, 0.15) is 44.2 Å². The van der Waals surface area contributed by atoms with Crippen LogP contribution < -0.4 is 0 Å². The number of hydrogen-bond acceptors (Lipinski definition) is 1. The highest BCUT2D eigenvalue weighted by Crippen LogP contribution is 2.10. The molecule has 17 heavy (non-hydrogen) atoms. The molecule has 0 unspecified atom stereocenters. The highest BCUT2D eigenvalue weighted by molar-refractivity contribution is 5.76.